The van der Waals surface area contributed by atoms with Gasteiger partial charge in [0, 0.05) is 12.1 Å². The van der Waals surface area contributed by atoms with Crippen molar-refractivity contribution in [2.45, 2.75) is 115 Å². The van der Waals surface area contributed by atoms with Crippen molar-refractivity contribution in [2.75, 3.05) is 19.8 Å². The average Bonchev–Trinajstić information content (AvgIpc) is 3.59. The molecular formula is C37H54N2O6. The second kappa shape index (κ2) is 13.4. The first-order chi connectivity index (χ1) is 21.2. The summed E-state index contributed by atoms with van der Waals surface area (Å²) < 4.78 is 12.7. The number of aliphatic hydroxyl groups excluding tert-OH is 1. The molecule has 2 bridgehead atoms. The number of hydrogen-bond acceptors (Lipinski definition) is 6. The molecule has 0 aliphatic carbocycles. The Labute approximate surface area is 269 Å². The zero-order valence-electron chi connectivity index (χ0n) is 28.2. The summed E-state index contributed by atoms with van der Waals surface area (Å²) in [4.78, 5) is 47.2. The van der Waals surface area contributed by atoms with E-state index in [0.29, 0.717) is 44.9 Å². The molecule has 0 saturated carbocycles. The summed E-state index contributed by atoms with van der Waals surface area (Å²) in [5.41, 5.74) is -1.82. The van der Waals surface area contributed by atoms with Crippen LogP contribution >= 0.6 is 0 Å². The summed E-state index contributed by atoms with van der Waals surface area (Å²) >= 11 is 0. The van der Waals surface area contributed by atoms with Crippen LogP contribution in [0.3, 0.4) is 0 Å². The molecule has 2 amide bonds. The van der Waals surface area contributed by atoms with Crippen molar-refractivity contribution in [1.29, 1.82) is 0 Å². The van der Waals surface area contributed by atoms with Crippen molar-refractivity contribution < 1.29 is 29.0 Å². The van der Waals surface area contributed by atoms with Gasteiger partial charge in [0.1, 0.15) is 17.6 Å². The molecule has 8 heteroatoms. The molecule has 45 heavy (non-hydrogen) atoms. The number of amides is 2. The zero-order valence-corrected chi connectivity index (χ0v) is 28.2. The molecule has 8 nitrogen and oxygen atoms in total. The fraction of sp³-hybridized carbons (Fsp3) is 0.649. The lowest BCUT2D eigenvalue weighted by Crippen LogP contribution is -2.62. The highest BCUT2D eigenvalue weighted by atomic mass is 16.6. The molecule has 1 aromatic carbocycles. The van der Waals surface area contributed by atoms with Crippen molar-refractivity contribution in [2.24, 2.45) is 17.3 Å². The highest BCUT2D eigenvalue weighted by Crippen LogP contribution is 2.65. The summed E-state index contributed by atoms with van der Waals surface area (Å²) in [6, 6.07) is 7.96. The van der Waals surface area contributed by atoms with Gasteiger partial charge in [-0.1, -0.05) is 70.2 Å². The van der Waals surface area contributed by atoms with Gasteiger partial charge in [0.05, 0.1) is 30.8 Å². The fourth-order valence-electron chi connectivity index (χ4n) is 8.62. The van der Waals surface area contributed by atoms with Crippen LogP contribution in [0, 0.1) is 17.3 Å². The van der Waals surface area contributed by atoms with Gasteiger partial charge in [-0.05, 0) is 69.8 Å². The number of esters is 1. The van der Waals surface area contributed by atoms with E-state index < -0.39 is 46.6 Å². The number of aliphatic hydroxyl groups is 1. The minimum absolute atomic E-state index is 0.0782. The van der Waals surface area contributed by atoms with Crippen LogP contribution in [0.1, 0.15) is 85.6 Å². The lowest BCUT2D eigenvalue weighted by atomic mass is 9.65. The molecule has 3 aliphatic heterocycles. The summed E-state index contributed by atoms with van der Waals surface area (Å²) in [6.07, 6.45) is 7.46. The number of benzene rings is 1. The van der Waals surface area contributed by atoms with E-state index in [1.165, 1.54) is 0 Å². The lowest BCUT2D eigenvalue weighted by molar-refractivity contribution is -0.165. The fourth-order valence-corrected chi connectivity index (χ4v) is 8.62. The van der Waals surface area contributed by atoms with Gasteiger partial charge in [-0.25, -0.2) is 0 Å². The molecule has 3 saturated heterocycles. The Hall–Kier alpha value is -2.97. The van der Waals surface area contributed by atoms with Crippen LogP contribution in [0.25, 0.3) is 0 Å². The maximum absolute atomic E-state index is 15.1. The monoisotopic (exact) mass is 622 g/mol. The van der Waals surface area contributed by atoms with Gasteiger partial charge in [0.25, 0.3) is 0 Å². The number of ether oxygens (including phenoxy) is 2. The Morgan fingerprint density at radius 3 is 2.42 bits per heavy atom. The molecular weight excluding hydrogens is 568 g/mol. The first kappa shape index (κ1) is 34.9. The van der Waals surface area contributed by atoms with E-state index >= 15 is 4.79 Å². The molecule has 248 valence electrons. The minimum atomic E-state index is -1.21. The Morgan fingerprint density at radius 1 is 1.16 bits per heavy atom. The van der Waals surface area contributed by atoms with E-state index in [1.807, 2.05) is 56.0 Å². The quantitative estimate of drug-likeness (QED) is 0.158. The maximum Gasteiger partial charge on any atom is 0.312 e. The number of nitrogens with zero attached hydrogens (tertiary/aromatic N) is 2. The molecule has 1 aromatic rings. The molecule has 1 spiro atoms. The van der Waals surface area contributed by atoms with Gasteiger partial charge in [-0.15, -0.1) is 13.2 Å². The highest BCUT2D eigenvalue weighted by molar-refractivity contribution is 5.99. The van der Waals surface area contributed by atoms with Crippen molar-refractivity contribution in [3.63, 3.8) is 0 Å². The molecule has 3 aliphatic rings. The SMILES string of the molecule is C=CCCCOC(=O)[C@@H]1[C@H]2C(=O)N([C@@H](CO)Cc3ccccc3)C(C(=O)N(CC=C)C(C)(C)CC(C)(C)C)C23CC[C@@]1(CC)O3. The Balaban J connectivity index is 1.83. The van der Waals surface area contributed by atoms with Crippen LogP contribution in [-0.2, 0) is 30.3 Å². The van der Waals surface area contributed by atoms with Crippen LogP contribution in [0.2, 0.25) is 0 Å². The van der Waals surface area contributed by atoms with E-state index in [4.69, 9.17) is 9.47 Å². The van der Waals surface area contributed by atoms with Crippen LogP contribution < -0.4 is 0 Å². The molecule has 1 N–H and O–H groups in total. The Bertz CT molecular complexity index is 1260. The molecule has 6 atom stereocenters. The van der Waals surface area contributed by atoms with E-state index in [0.717, 1.165) is 5.56 Å². The molecule has 2 unspecified atom stereocenters. The maximum atomic E-state index is 15.1. The van der Waals surface area contributed by atoms with Gasteiger partial charge in [-0.3, -0.25) is 14.4 Å². The number of allylic oxidation sites excluding steroid dienone is 1. The molecule has 3 heterocycles. The lowest BCUT2D eigenvalue weighted by Gasteiger charge is -2.46. The first-order valence-corrected chi connectivity index (χ1v) is 16.6. The summed E-state index contributed by atoms with van der Waals surface area (Å²) in [6.45, 7) is 20.4. The van der Waals surface area contributed by atoms with Gasteiger partial charge in [0.2, 0.25) is 11.8 Å². The van der Waals surface area contributed by atoms with Gasteiger partial charge in [0.15, 0.2) is 0 Å². The molecule has 3 fully saturated rings. The van der Waals surface area contributed by atoms with Gasteiger partial charge < -0.3 is 24.4 Å². The number of carbonyl (C=O) groups excluding carboxylic acids is 3. The van der Waals surface area contributed by atoms with Gasteiger partial charge >= 0.3 is 5.97 Å². The second-order valence-electron chi connectivity index (χ2n) is 15.0. The van der Waals surface area contributed by atoms with E-state index in [2.05, 4.69) is 33.9 Å². The predicted molar refractivity (Wildman–Crippen MR) is 175 cm³/mol. The molecule has 0 aromatic heterocycles. The van der Waals surface area contributed by atoms with Crippen LogP contribution in [0.4, 0.5) is 0 Å². The van der Waals surface area contributed by atoms with Crippen molar-refractivity contribution in [3.8, 4) is 0 Å². The largest absolute Gasteiger partial charge is 0.465 e. The summed E-state index contributed by atoms with van der Waals surface area (Å²) in [7, 11) is 0. The van der Waals surface area contributed by atoms with Crippen molar-refractivity contribution in [1.82, 2.24) is 9.80 Å². The van der Waals surface area contributed by atoms with Crippen LogP contribution in [0.15, 0.2) is 55.6 Å². The summed E-state index contributed by atoms with van der Waals surface area (Å²) in [5.74, 6) is -2.72. The van der Waals surface area contributed by atoms with E-state index in [9.17, 15) is 14.7 Å². The number of fused-ring (bicyclic) bond motifs is 1. The number of carbonyl (C=O) groups is 3. The van der Waals surface area contributed by atoms with Crippen molar-refractivity contribution >= 4 is 17.8 Å². The number of unbranched alkanes of at least 4 members (excludes halogenated alkanes) is 1. The Kier molecular flexibility index (Phi) is 10.4. The second-order valence-corrected chi connectivity index (χ2v) is 15.0. The summed E-state index contributed by atoms with van der Waals surface area (Å²) in [5, 5.41) is 10.8. The van der Waals surface area contributed by atoms with Gasteiger partial charge in [-0.2, -0.15) is 0 Å². The highest BCUT2D eigenvalue weighted by Gasteiger charge is 2.79. The number of rotatable bonds is 15. The smallest absolute Gasteiger partial charge is 0.312 e. The number of hydrogen-bond donors (Lipinski definition) is 1. The third-order valence-electron chi connectivity index (χ3n) is 10.1. The molecule has 4 rings (SSSR count). The predicted octanol–water partition coefficient (Wildman–Crippen LogP) is 5.48. The first-order valence-electron chi connectivity index (χ1n) is 16.6. The third kappa shape index (κ3) is 6.50. The van der Waals surface area contributed by atoms with E-state index in [-0.39, 0.29) is 37.0 Å². The van der Waals surface area contributed by atoms with Crippen LogP contribution in [0.5, 0.6) is 0 Å². The third-order valence-corrected chi connectivity index (χ3v) is 10.1. The van der Waals surface area contributed by atoms with E-state index in [1.54, 1.807) is 17.1 Å². The topological polar surface area (TPSA) is 96.4 Å². The van der Waals surface area contributed by atoms with Crippen LogP contribution in [-0.4, -0.2) is 81.3 Å². The normalized spacial score (nSPS) is 28.1. The van der Waals surface area contributed by atoms with Crippen molar-refractivity contribution in [3.05, 3.63) is 61.2 Å². The Morgan fingerprint density at radius 2 is 1.84 bits per heavy atom. The number of likely N-dealkylation sites (tertiary alicyclic amines) is 1. The zero-order chi connectivity index (χ0) is 33.2. The standard InChI is InChI=1S/C37H54N2O6/c1-9-12-16-22-44-33(43)29-28-31(41)39(27(24-40)23-26-17-14-13-15-18-26)30(37(28)20-19-36(29,11-3)45-37)32(42)38(21-10-2)35(7,8)25-34(4,5)6/h9-10,13-15,17-18,27-30,40H,1-2,11-12,16,19-25H2,3-8H3/t27-,28+,29+,30?,36-,37?/m1/s1. The minimum Gasteiger partial charge on any atom is -0.465 e. The molecule has 0 radical (unpaired) electrons. The average molecular weight is 623 g/mol.